The van der Waals surface area contributed by atoms with Gasteiger partial charge in [-0.2, -0.15) is 0 Å². The van der Waals surface area contributed by atoms with Crippen LogP contribution in [-0.2, 0) is 17.9 Å². The molecule has 4 nitrogen and oxygen atoms in total. The van der Waals surface area contributed by atoms with Crippen molar-refractivity contribution >= 4 is 16.7 Å². The fourth-order valence-electron chi connectivity index (χ4n) is 3.90. The smallest absolute Gasteiger partial charge is 0.336 e. The van der Waals surface area contributed by atoms with Crippen LogP contribution in [0.4, 0.5) is 5.69 Å². The highest BCUT2D eigenvalue weighted by Crippen LogP contribution is 2.23. The first-order valence-electron chi connectivity index (χ1n) is 10.2. The molecular weight excluding hydrogens is 350 g/mol. The Hall–Kier alpha value is -2.59. The van der Waals surface area contributed by atoms with Gasteiger partial charge in [-0.15, -0.1) is 0 Å². The summed E-state index contributed by atoms with van der Waals surface area (Å²) in [5.41, 5.74) is 4.53. The minimum Gasteiger partial charge on any atom is -0.423 e. The Balaban J connectivity index is 1.44. The Morgan fingerprint density at radius 2 is 1.93 bits per heavy atom. The van der Waals surface area contributed by atoms with Crippen molar-refractivity contribution in [3.63, 3.8) is 0 Å². The molecule has 1 N–H and O–H groups in total. The Kier molecular flexibility index (Phi) is 5.77. The summed E-state index contributed by atoms with van der Waals surface area (Å²) in [6, 6.07) is 15.8. The van der Waals surface area contributed by atoms with Crippen molar-refractivity contribution in [2.45, 2.75) is 58.3 Å². The van der Waals surface area contributed by atoms with Crippen LogP contribution in [0.3, 0.4) is 0 Å². The number of hydrogen-bond donors (Lipinski definition) is 1. The molecule has 1 aromatic heterocycles. The van der Waals surface area contributed by atoms with Crippen molar-refractivity contribution in [1.29, 1.82) is 0 Å². The van der Waals surface area contributed by atoms with E-state index in [2.05, 4.69) is 17.4 Å². The molecule has 0 aliphatic heterocycles. The molecule has 0 spiro atoms. The van der Waals surface area contributed by atoms with Crippen LogP contribution in [0.5, 0.6) is 0 Å². The molecular formula is C24H27NO3. The number of aryl methyl sites for hydroxylation is 1. The van der Waals surface area contributed by atoms with E-state index in [1.165, 1.54) is 37.7 Å². The fourth-order valence-corrected chi connectivity index (χ4v) is 3.90. The van der Waals surface area contributed by atoms with Crippen LogP contribution in [0.1, 0.15) is 48.8 Å². The third-order valence-electron chi connectivity index (χ3n) is 5.43. The molecule has 1 aliphatic carbocycles. The van der Waals surface area contributed by atoms with E-state index in [9.17, 15) is 4.79 Å². The molecule has 1 aliphatic rings. The van der Waals surface area contributed by atoms with E-state index in [0.717, 1.165) is 22.2 Å². The van der Waals surface area contributed by atoms with E-state index in [1.54, 1.807) is 6.07 Å². The second kappa shape index (κ2) is 8.61. The molecule has 28 heavy (non-hydrogen) atoms. The van der Waals surface area contributed by atoms with Crippen LogP contribution >= 0.6 is 0 Å². The summed E-state index contributed by atoms with van der Waals surface area (Å²) >= 11 is 0. The average Bonchev–Trinajstić information content (AvgIpc) is 2.71. The zero-order chi connectivity index (χ0) is 19.3. The van der Waals surface area contributed by atoms with Crippen LogP contribution in [-0.4, -0.2) is 6.10 Å². The summed E-state index contributed by atoms with van der Waals surface area (Å²) in [4.78, 5) is 11.9. The van der Waals surface area contributed by atoms with Crippen LogP contribution in [0, 0.1) is 6.92 Å². The first-order chi connectivity index (χ1) is 13.7. The molecule has 3 aromatic rings. The van der Waals surface area contributed by atoms with E-state index in [4.69, 9.17) is 9.15 Å². The zero-order valence-corrected chi connectivity index (χ0v) is 16.4. The lowest BCUT2D eigenvalue weighted by Crippen LogP contribution is -2.16. The quantitative estimate of drug-likeness (QED) is 0.571. The van der Waals surface area contributed by atoms with E-state index < -0.39 is 0 Å². The molecule has 0 amide bonds. The van der Waals surface area contributed by atoms with Gasteiger partial charge in [-0.05, 0) is 54.7 Å². The normalized spacial score (nSPS) is 15.0. The van der Waals surface area contributed by atoms with E-state index in [1.807, 2.05) is 37.3 Å². The maximum atomic E-state index is 11.9. The molecule has 146 valence electrons. The van der Waals surface area contributed by atoms with Crippen molar-refractivity contribution in [2.75, 3.05) is 5.32 Å². The number of fused-ring (bicyclic) bond motifs is 1. The van der Waals surface area contributed by atoms with Gasteiger partial charge in [0.15, 0.2) is 0 Å². The van der Waals surface area contributed by atoms with Crippen molar-refractivity contribution in [3.05, 3.63) is 75.6 Å². The van der Waals surface area contributed by atoms with Crippen molar-refractivity contribution in [3.8, 4) is 0 Å². The third-order valence-corrected chi connectivity index (χ3v) is 5.43. The molecule has 0 atom stereocenters. The molecule has 0 unspecified atom stereocenters. The number of ether oxygens (including phenoxy) is 1. The summed E-state index contributed by atoms with van der Waals surface area (Å²) in [7, 11) is 0. The van der Waals surface area contributed by atoms with Crippen LogP contribution in [0.15, 0.2) is 57.7 Å². The summed E-state index contributed by atoms with van der Waals surface area (Å²) < 4.78 is 11.4. The predicted molar refractivity (Wildman–Crippen MR) is 113 cm³/mol. The van der Waals surface area contributed by atoms with Crippen molar-refractivity contribution < 1.29 is 9.15 Å². The summed E-state index contributed by atoms with van der Waals surface area (Å²) in [5, 5.41) is 4.40. The fraction of sp³-hybridized carbons (Fsp3) is 0.375. The van der Waals surface area contributed by atoms with Gasteiger partial charge >= 0.3 is 5.63 Å². The maximum Gasteiger partial charge on any atom is 0.336 e. The molecule has 4 heteroatoms. The van der Waals surface area contributed by atoms with Gasteiger partial charge in [-0.3, -0.25) is 0 Å². The van der Waals surface area contributed by atoms with Crippen molar-refractivity contribution in [1.82, 2.24) is 0 Å². The van der Waals surface area contributed by atoms with Gasteiger partial charge in [0.05, 0.1) is 12.7 Å². The van der Waals surface area contributed by atoms with Gasteiger partial charge in [0.25, 0.3) is 0 Å². The molecule has 2 aromatic carbocycles. The number of rotatable bonds is 6. The maximum absolute atomic E-state index is 11.9. The van der Waals surface area contributed by atoms with Crippen molar-refractivity contribution in [2.24, 2.45) is 0 Å². The van der Waals surface area contributed by atoms with Gasteiger partial charge in [-0.1, -0.05) is 43.5 Å². The minimum absolute atomic E-state index is 0.315. The Morgan fingerprint density at radius 1 is 1.07 bits per heavy atom. The van der Waals surface area contributed by atoms with Gasteiger partial charge in [0.2, 0.25) is 0 Å². The number of nitrogens with one attached hydrogen (secondary N) is 1. The summed E-state index contributed by atoms with van der Waals surface area (Å²) in [5.74, 6) is 0. The van der Waals surface area contributed by atoms with Crippen LogP contribution in [0.25, 0.3) is 11.0 Å². The number of benzene rings is 2. The second-order valence-corrected chi connectivity index (χ2v) is 7.72. The monoisotopic (exact) mass is 377 g/mol. The average molecular weight is 377 g/mol. The largest absolute Gasteiger partial charge is 0.423 e. The summed E-state index contributed by atoms with van der Waals surface area (Å²) in [6.07, 6.45) is 6.67. The molecule has 0 saturated heterocycles. The first-order valence-corrected chi connectivity index (χ1v) is 10.2. The Labute approximate surface area is 165 Å². The van der Waals surface area contributed by atoms with E-state index in [-0.39, 0.29) is 5.63 Å². The molecule has 4 rings (SSSR count). The Bertz CT molecular complexity index is 1000. The molecule has 0 radical (unpaired) electrons. The first kappa shape index (κ1) is 18.8. The highest BCUT2D eigenvalue weighted by molar-refractivity contribution is 5.81. The van der Waals surface area contributed by atoms with Crippen LogP contribution < -0.4 is 10.9 Å². The highest BCUT2D eigenvalue weighted by atomic mass is 16.5. The lowest BCUT2D eigenvalue weighted by molar-refractivity contribution is 0.0169. The van der Waals surface area contributed by atoms with Gasteiger partial charge in [0, 0.05) is 23.7 Å². The molecule has 1 fully saturated rings. The minimum atomic E-state index is -0.315. The molecule has 0 bridgehead atoms. The Morgan fingerprint density at radius 3 is 2.79 bits per heavy atom. The third kappa shape index (κ3) is 4.63. The standard InChI is InChI=1S/C24H27NO3/c1-17-10-11-22-19(14-24(26)28-23(22)12-17)15-25-20-7-5-6-18(13-20)16-27-21-8-3-2-4-9-21/h5-7,10-14,21,25H,2-4,8-9,15-16H2,1H3. The van der Waals surface area contributed by atoms with Gasteiger partial charge < -0.3 is 14.5 Å². The van der Waals surface area contributed by atoms with Gasteiger partial charge in [0.1, 0.15) is 5.58 Å². The van der Waals surface area contributed by atoms with Gasteiger partial charge in [-0.25, -0.2) is 4.79 Å². The highest BCUT2D eigenvalue weighted by Gasteiger charge is 2.13. The summed E-state index contributed by atoms with van der Waals surface area (Å²) in [6.45, 7) is 3.21. The second-order valence-electron chi connectivity index (χ2n) is 7.72. The van der Waals surface area contributed by atoms with Crippen LogP contribution in [0.2, 0.25) is 0 Å². The number of anilines is 1. The zero-order valence-electron chi connectivity index (χ0n) is 16.4. The predicted octanol–water partition coefficient (Wildman–Crippen LogP) is 5.56. The molecule has 1 saturated carbocycles. The van der Waals surface area contributed by atoms with E-state index in [0.29, 0.717) is 24.8 Å². The SMILES string of the molecule is Cc1ccc2c(CNc3cccc(COC4CCCCC4)c3)cc(=O)oc2c1. The lowest BCUT2D eigenvalue weighted by atomic mass is 9.98. The number of hydrogen-bond acceptors (Lipinski definition) is 4. The topological polar surface area (TPSA) is 51.5 Å². The van der Waals surface area contributed by atoms with E-state index >= 15 is 0 Å². The molecule has 1 heterocycles. The lowest BCUT2D eigenvalue weighted by Gasteiger charge is -2.22.